The van der Waals surface area contributed by atoms with Crippen LogP contribution in [0.4, 0.5) is 16.3 Å². The van der Waals surface area contributed by atoms with E-state index in [1.807, 2.05) is 24.3 Å². The number of benzene rings is 1. The van der Waals surface area contributed by atoms with Crippen molar-refractivity contribution in [3.8, 4) is 0 Å². The van der Waals surface area contributed by atoms with E-state index in [-0.39, 0.29) is 6.03 Å². The van der Waals surface area contributed by atoms with Gasteiger partial charge in [0.1, 0.15) is 5.82 Å². The van der Waals surface area contributed by atoms with E-state index in [2.05, 4.69) is 22.5 Å². The third-order valence-corrected chi connectivity index (χ3v) is 2.79. The van der Waals surface area contributed by atoms with Gasteiger partial charge in [-0.3, -0.25) is 5.32 Å². The largest absolute Gasteiger partial charge is 0.324 e. The predicted molar refractivity (Wildman–Crippen MR) is 77.7 cm³/mol. The van der Waals surface area contributed by atoms with Crippen molar-refractivity contribution in [3.05, 3.63) is 53.2 Å². The number of amides is 2. The molecule has 2 aromatic rings. The number of halogens is 1. The SMILES string of the molecule is CCc1cccc(NC(=O)Nc2ccc(Cl)cn2)c1. The first-order chi connectivity index (χ1) is 9.17. The minimum atomic E-state index is -0.330. The fourth-order valence-electron chi connectivity index (χ4n) is 1.60. The molecule has 4 nitrogen and oxygen atoms in total. The third kappa shape index (κ3) is 3.96. The van der Waals surface area contributed by atoms with Crippen LogP contribution in [0.5, 0.6) is 0 Å². The topological polar surface area (TPSA) is 54.0 Å². The summed E-state index contributed by atoms with van der Waals surface area (Å²) in [5.41, 5.74) is 1.92. The maximum absolute atomic E-state index is 11.8. The summed E-state index contributed by atoms with van der Waals surface area (Å²) in [7, 11) is 0. The standard InChI is InChI=1S/C14H14ClN3O/c1-2-10-4-3-5-12(8-10)17-14(19)18-13-7-6-11(15)9-16-13/h3-9H,2H2,1H3,(H2,16,17,18,19). The maximum Gasteiger partial charge on any atom is 0.324 e. The molecule has 98 valence electrons. The molecule has 1 heterocycles. The summed E-state index contributed by atoms with van der Waals surface area (Å²) in [6.07, 6.45) is 2.41. The van der Waals surface area contributed by atoms with Crippen molar-refractivity contribution >= 4 is 29.1 Å². The van der Waals surface area contributed by atoms with E-state index in [0.29, 0.717) is 10.8 Å². The summed E-state index contributed by atoms with van der Waals surface area (Å²) >= 11 is 5.72. The van der Waals surface area contributed by atoms with E-state index >= 15 is 0 Å². The number of urea groups is 1. The molecule has 0 fully saturated rings. The highest BCUT2D eigenvalue weighted by Gasteiger charge is 2.03. The van der Waals surface area contributed by atoms with E-state index < -0.39 is 0 Å². The van der Waals surface area contributed by atoms with Crippen LogP contribution in [0.1, 0.15) is 12.5 Å². The Kier molecular flexibility index (Phi) is 4.36. The van der Waals surface area contributed by atoms with Crippen LogP contribution in [0.2, 0.25) is 5.02 Å². The summed E-state index contributed by atoms with van der Waals surface area (Å²) in [5, 5.41) is 5.92. The average molecular weight is 276 g/mol. The molecule has 0 atom stereocenters. The molecule has 0 aliphatic carbocycles. The summed E-state index contributed by atoms with van der Waals surface area (Å²) < 4.78 is 0. The van der Waals surface area contributed by atoms with Crippen molar-refractivity contribution in [2.75, 3.05) is 10.6 Å². The lowest BCUT2D eigenvalue weighted by atomic mass is 10.1. The van der Waals surface area contributed by atoms with Crippen molar-refractivity contribution in [3.63, 3.8) is 0 Å². The van der Waals surface area contributed by atoms with E-state index in [1.165, 1.54) is 11.8 Å². The summed E-state index contributed by atoms with van der Waals surface area (Å²) in [6.45, 7) is 2.07. The van der Waals surface area contributed by atoms with Gasteiger partial charge in [0.2, 0.25) is 0 Å². The van der Waals surface area contributed by atoms with Gasteiger partial charge in [-0.2, -0.15) is 0 Å². The number of carbonyl (C=O) groups excluding carboxylic acids is 1. The fourth-order valence-corrected chi connectivity index (χ4v) is 1.71. The molecule has 1 aromatic heterocycles. The lowest BCUT2D eigenvalue weighted by molar-refractivity contribution is 0.262. The number of aromatic nitrogens is 1. The minimum absolute atomic E-state index is 0.330. The molecule has 0 saturated heterocycles. The van der Waals surface area contributed by atoms with E-state index in [1.54, 1.807) is 12.1 Å². The van der Waals surface area contributed by atoms with Crippen LogP contribution >= 0.6 is 11.6 Å². The lowest BCUT2D eigenvalue weighted by Gasteiger charge is -2.08. The number of anilines is 2. The Morgan fingerprint density at radius 1 is 1.26 bits per heavy atom. The molecular formula is C14H14ClN3O. The minimum Gasteiger partial charge on any atom is -0.308 e. The Bertz CT molecular complexity index is 569. The number of pyridine rings is 1. The zero-order valence-electron chi connectivity index (χ0n) is 10.5. The van der Waals surface area contributed by atoms with Gasteiger partial charge in [-0.05, 0) is 36.2 Å². The number of carbonyl (C=O) groups is 1. The van der Waals surface area contributed by atoms with Gasteiger partial charge >= 0.3 is 6.03 Å². The Morgan fingerprint density at radius 3 is 2.79 bits per heavy atom. The second-order valence-electron chi connectivity index (χ2n) is 3.99. The van der Waals surface area contributed by atoms with Gasteiger partial charge in [-0.25, -0.2) is 9.78 Å². The molecular weight excluding hydrogens is 262 g/mol. The molecule has 0 saturated carbocycles. The quantitative estimate of drug-likeness (QED) is 0.891. The third-order valence-electron chi connectivity index (χ3n) is 2.56. The Morgan fingerprint density at radius 2 is 2.11 bits per heavy atom. The molecule has 2 rings (SSSR count). The van der Waals surface area contributed by atoms with Crippen LogP contribution in [-0.2, 0) is 6.42 Å². The molecule has 2 amide bonds. The van der Waals surface area contributed by atoms with E-state index in [0.717, 1.165) is 12.1 Å². The van der Waals surface area contributed by atoms with Crippen molar-refractivity contribution in [2.24, 2.45) is 0 Å². The fraction of sp³-hybridized carbons (Fsp3) is 0.143. The smallest absolute Gasteiger partial charge is 0.308 e. The Labute approximate surface area is 116 Å². The molecule has 0 aliphatic heterocycles. The summed E-state index contributed by atoms with van der Waals surface area (Å²) in [4.78, 5) is 15.8. The van der Waals surface area contributed by atoms with Gasteiger partial charge in [-0.15, -0.1) is 0 Å². The Hall–Kier alpha value is -2.07. The van der Waals surface area contributed by atoms with Gasteiger partial charge in [-0.1, -0.05) is 30.7 Å². The molecule has 2 N–H and O–H groups in total. The van der Waals surface area contributed by atoms with Crippen LogP contribution in [0.15, 0.2) is 42.6 Å². The molecule has 19 heavy (non-hydrogen) atoms. The molecule has 0 radical (unpaired) electrons. The molecule has 0 aliphatic rings. The van der Waals surface area contributed by atoms with E-state index in [4.69, 9.17) is 11.6 Å². The van der Waals surface area contributed by atoms with Crippen LogP contribution in [0.3, 0.4) is 0 Å². The summed E-state index contributed by atoms with van der Waals surface area (Å²) in [6, 6.07) is 10.7. The van der Waals surface area contributed by atoms with Gasteiger partial charge in [0.05, 0.1) is 5.02 Å². The van der Waals surface area contributed by atoms with Crippen LogP contribution < -0.4 is 10.6 Å². The van der Waals surface area contributed by atoms with Gasteiger partial charge < -0.3 is 5.32 Å². The first-order valence-corrected chi connectivity index (χ1v) is 6.33. The summed E-state index contributed by atoms with van der Waals surface area (Å²) in [5.74, 6) is 0.452. The average Bonchev–Trinajstić information content (AvgIpc) is 2.41. The monoisotopic (exact) mass is 275 g/mol. The molecule has 0 bridgehead atoms. The zero-order valence-corrected chi connectivity index (χ0v) is 11.2. The van der Waals surface area contributed by atoms with Gasteiger partial charge in [0.25, 0.3) is 0 Å². The molecule has 1 aromatic carbocycles. The van der Waals surface area contributed by atoms with Crippen molar-refractivity contribution in [1.29, 1.82) is 0 Å². The Balaban J connectivity index is 1.99. The number of nitrogens with one attached hydrogen (secondary N) is 2. The normalized spacial score (nSPS) is 10.0. The second-order valence-corrected chi connectivity index (χ2v) is 4.43. The number of hydrogen-bond donors (Lipinski definition) is 2. The van der Waals surface area contributed by atoms with Crippen molar-refractivity contribution in [1.82, 2.24) is 4.98 Å². The molecule has 0 spiro atoms. The lowest BCUT2D eigenvalue weighted by Crippen LogP contribution is -2.20. The zero-order chi connectivity index (χ0) is 13.7. The van der Waals surface area contributed by atoms with Gasteiger partial charge in [0, 0.05) is 11.9 Å². The first-order valence-electron chi connectivity index (χ1n) is 5.96. The molecule has 5 heteroatoms. The van der Waals surface area contributed by atoms with Crippen LogP contribution in [0, 0.1) is 0 Å². The number of rotatable bonds is 3. The van der Waals surface area contributed by atoms with Crippen molar-refractivity contribution in [2.45, 2.75) is 13.3 Å². The predicted octanol–water partition coefficient (Wildman–Crippen LogP) is 3.94. The van der Waals surface area contributed by atoms with Crippen molar-refractivity contribution < 1.29 is 4.79 Å². The molecule has 0 unspecified atom stereocenters. The van der Waals surface area contributed by atoms with E-state index in [9.17, 15) is 4.79 Å². The number of hydrogen-bond acceptors (Lipinski definition) is 2. The van der Waals surface area contributed by atoms with Gasteiger partial charge in [0.15, 0.2) is 0 Å². The van der Waals surface area contributed by atoms with Crippen LogP contribution in [-0.4, -0.2) is 11.0 Å². The number of aryl methyl sites for hydroxylation is 1. The highest BCUT2D eigenvalue weighted by atomic mass is 35.5. The first kappa shape index (κ1) is 13.4. The van der Waals surface area contributed by atoms with Crippen LogP contribution in [0.25, 0.3) is 0 Å². The number of nitrogens with zero attached hydrogens (tertiary/aromatic N) is 1. The highest BCUT2D eigenvalue weighted by Crippen LogP contribution is 2.13. The maximum atomic E-state index is 11.8. The highest BCUT2D eigenvalue weighted by molar-refractivity contribution is 6.30. The second kappa shape index (κ2) is 6.20.